The molecular formula is C22H21ClF3N3O5. The molecule has 182 valence electrons. The lowest BCUT2D eigenvalue weighted by molar-refractivity contribution is -0.154. The highest BCUT2D eigenvalue weighted by Crippen LogP contribution is 2.19. The number of ether oxygens (including phenoxy) is 1. The first-order valence-electron chi connectivity index (χ1n) is 10.0. The molecule has 8 nitrogen and oxygen atoms in total. The summed E-state index contributed by atoms with van der Waals surface area (Å²) in [6, 6.07) is 7.73. The minimum Gasteiger partial charge on any atom is -0.453 e. The number of hydrogen-bond donors (Lipinski definition) is 3. The Hall–Kier alpha value is -3.60. The van der Waals surface area contributed by atoms with Gasteiger partial charge in [0.15, 0.2) is 23.6 Å². The standard InChI is InChI=1S/C22H21ClF3N3O5/c1-12(21(32)28-11-17(30)29-16-9-8-15(24)19(25)20(16)26)34-18(31)3-2-10-27-22(33)13-4-6-14(23)7-5-13/h4-9,12H,2-3,10-11H2,1H3,(H,27,33)(H,28,32)(H,29,30). The van der Waals surface area contributed by atoms with Gasteiger partial charge in [0, 0.05) is 23.6 Å². The summed E-state index contributed by atoms with van der Waals surface area (Å²) >= 11 is 5.76. The normalized spacial score (nSPS) is 11.3. The topological polar surface area (TPSA) is 114 Å². The number of hydrogen-bond acceptors (Lipinski definition) is 5. The molecule has 2 aromatic carbocycles. The molecule has 34 heavy (non-hydrogen) atoms. The largest absolute Gasteiger partial charge is 0.453 e. The molecule has 12 heteroatoms. The Balaban J connectivity index is 1.67. The van der Waals surface area contributed by atoms with E-state index >= 15 is 0 Å². The van der Waals surface area contributed by atoms with Crippen LogP contribution in [0.1, 0.15) is 30.1 Å². The van der Waals surface area contributed by atoms with Crippen molar-refractivity contribution in [2.75, 3.05) is 18.4 Å². The Morgan fingerprint density at radius 2 is 1.65 bits per heavy atom. The van der Waals surface area contributed by atoms with Gasteiger partial charge in [0.05, 0.1) is 12.2 Å². The van der Waals surface area contributed by atoms with Gasteiger partial charge in [-0.3, -0.25) is 19.2 Å². The zero-order chi connectivity index (χ0) is 25.3. The van der Waals surface area contributed by atoms with Gasteiger partial charge >= 0.3 is 5.97 Å². The van der Waals surface area contributed by atoms with E-state index < -0.39 is 53.6 Å². The number of nitrogens with one attached hydrogen (secondary N) is 3. The fourth-order valence-electron chi connectivity index (χ4n) is 2.58. The van der Waals surface area contributed by atoms with E-state index in [1.54, 1.807) is 24.3 Å². The Kier molecular flexibility index (Phi) is 9.87. The van der Waals surface area contributed by atoms with Crippen LogP contribution >= 0.6 is 11.6 Å². The van der Waals surface area contributed by atoms with Gasteiger partial charge in [-0.1, -0.05) is 11.6 Å². The van der Waals surface area contributed by atoms with Crippen LogP contribution in [0.5, 0.6) is 0 Å². The van der Waals surface area contributed by atoms with Crippen molar-refractivity contribution in [3.63, 3.8) is 0 Å². The maximum atomic E-state index is 13.6. The monoisotopic (exact) mass is 499 g/mol. The predicted octanol–water partition coefficient (Wildman–Crippen LogP) is 2.95. The lowest BCUT2D eigenvalue weighted by Crippen LogP contribution is -2.40. The van der Waals surface area contributed by atoms with E-state index in [0.29, 0.717) is 16.7 Å². The molecule has 0 spiro atoms. The Labute approximate surface area is 197 Å². The molecule has 0 aromatic heterocycles. The summed E-state index contributed by atoms with van der Waals surface area (Å²) < 4.78 is 44.6. The molecule has 3 N–H and O–H groups in total. The Morgan fingerprint density at radius 3 is 2.32 bits per heavy atom. The molecule has 0 aliphatic heterocycles. The molecule has 0 radical (unpaired) electrons. The molecule has 0 saturated heterocycles. The van der Waals surface area contributed by atoms with Gasteiger partial charge in [0.25, 0.3) is 11.8 Å². The van der Waals surface area contributed by atoms with Crippen LogP contribution in [-0.2, 0) is 19.1 Å². The third-order valence-electron chi connectivity index (χ3n) is 4.36. The lowest BCUT2D eigenvalue weighted by atomic mass is 10.2. The molecule has 3 amide bonds. The minimum absolute atomic E-state index is 0.0750. The molecule has 1 unspecified atom stereocenters. The molecule has 2 rings (SSSR count). The number of rotatable bonds is 10. The second-order valence-electron chi connectivity index (χ2n) is 6.99. The van der Waals surface area contributed by atoms with Crippen LogP contribution in [0.25, 0.3) is 0 Å². The van der Waals surface area contributed by atoms with Gasteiger partial charge in [-0.05, 0) is 49.7 Å². The van der Waals surface area contributed by atoms with Crippen LogP contribution in [0.2, 0.25) is 5.02 Å². The van der Waals surface area contributed by atoms with Crippen molar-refractivity contribution < 1.29 is 37.1 Å². The van der Waals surface area contributed by atoms with Crippen molar-refractivity contribution in [3.8, 4) is 0 Å². The minimum atomic E-state index is -1.74. The maximum Gasteiger partial charge on any atom is 0.306 e. The van der Waals surface area contributed by atoms with Crippen LogP contribution in [0, 0.1) is 17.5 Å². The van der Waals surface area contributed by atoms with E-state index in [0.717, 1.165) is 6.07 Å². The molecule has 1 atom stereocenters. The first kappa shape index (κ1) is 26.7. The molecule has 0 heterocycles. The molecule has 0 aliphatic carbocycles. The number of carbonyl (C=O) groups excluding carboxylic acids is 4. The number of benzene rings is 2. The average molecular weight is 500 g/mol. The van der Waals surface area contributed by atoms with Crippen molar-refractivity contribution >= 4 is 41.0 Å². The van der Waals surface area contributed by atoms with Gasteiger partial charge in [0.2, 0.25) is 5.91 Å². The number of esters is 1. The highest BCUT2D eigenvalue weighted by atomic mass is 35.5. The summed E-state index contributed by atoms with van der Waals surface area (Å²) in [6.07, 6.45) is -1.05. The Morgan fingerprint density at radius 1 is 0.971 bits per heavy atom. The van der Waals surface area contributed by atoms with Crippen LogP contribution < -0.4 is 16.0 Å². The van der Waals surface area contributed by atoms with Crippen LogP contribution in [-0.4, -0.2) is 42.9 Å². The van der Waals surface area contributed by atoms with E-state index in [1.807, 2.05) is 5.32 Å². The summed E-state index contributed by atoms with van der Waals surface area (Å²) in [4.78, 5) is 47.6. The van der Waals surface area contributed by atoms with E-state index in [1.165, 1.54) is 6.92 Å². The lowest BCUT2D eigenvalue weighted by Gasteiger charge is -2.14. The fourth-order valence-corrected chi connectivity index (χ4v) is 2.70. The van der Waals surface area contributed by atoms with Crippen molar-refractivity contribution in [3.05, 3.63) is 64.4 Å². The average Bonchev–Trinajstić information content (AvgIpc) is 2.80. The van der Waals surface area contributed by atoms with Crippen LogP contribution in [0.3, 0.4) is 0 Å². The quantitative estimate of drug-likeness (QED) is 0.264. The maximum absolute atomic E-state index is 13.6. The zero-order valence-corrected chi connectivity index (χ0v) is 18.7. The Bertz CT molecular complexity index is 1070. The highest BCUT2D eigenvalue weighted by molar-refractivity contribution is 6.30. The third-order valence-corrected chi connectivity index (χ3v) is 4.61. The van der Waals surface area contributed by atoms with E-state index in [2.05, 4.69) is 10.6 Å². The molecule has 2 aromatic rings. The fraction of sp³-hybridized carbons (Fsp3) is 0.273. The molecular weight excluding hydrogens is 479 g/mol. The zero-order valence-electron chi connectivity index (χ0n) is 17.9. The van der Waals surface area contributed by atoms with Gasteiger partial charge < -0.3 is 20.7 Å². The third kappa shape index (κ3) is 8.07. The number of halogens is 4. The molecule has 0 saturated carbocycles. The first-order chi connectivity index (χ1) is 16.1. The number of carbonyl (C=O) groups is 4. The smallest absolute Gasteiger partial charge is 0.306 e. The molecule has 0 fully saturated rings. The molecule has 0 bridgehead atoms. The summed E-state index contributed by atoms with van der Waals surface area (Å²) in [5.74, 6) is -7.48. The SMILES string of the molecule is CC(OC(=O)CCCNC(=O)c1ccc(Cl)cc1)C(=O)NCC(=O)Nc1ccc(F)c(F)c1F. The van der Waals surface area contributed by atoms with Crippen molar-refractivity contribution in [2.45, 2.75) is 25.9 Å². The van der Waals surface area contributed by atoms with Crippen LogP contribution in [0.15, 0.2) is 36.4 Å². The van der Waals surface area contributed by atoms with Gasteiger partial charge in [0.1, 0.15) is 0 Å². The first-order valence-corrected chi connectivity index (χ1v) is 10.4. The summed E-state index contributed by atoms with van der Waals surface area (Å²) in [5.41, 5.74) is -0.186. The van der Waals surface area contributed by atoms with Crippen molar-refractivity contribution in [2.24, 2.45) is 0 Å². The van der Waals surface area contributed by atoms with Crippen molar-refractivity contribution in [1.82, 2.24) is 10.6 Å². The summed E-state index contributed by atoms with van der Waals surface area (Å²) in [7, 11) is 0. The van der Waals surface area contributed by atoms with E-state index in [-0.39, 0.29) is 25.3 Å². The van der Waals surface area contributed by atoms with Crippen molar-refractivity contribution in [1.29, 1.82) is 0 Å². The number of amides is 3. The predicted molar refractivity (Wildman–Crippen MR) is 117 cm³/mol. The van der Waals surface area contributed by atoms with Gasteiger partial charge in [-0.2, -0.15) is 0 Å². The second kappa shape index (κ2) is 12.6. The van der Waals surface area contributed by atoms with E-state index in [4.69, 9.17) is 16.3 Å². The van der Waals surface area contributed by atoms with E-state index in [9.17, 15) is 32.3 Å². The van der Waals surface area contributed by atoms with Gasteiger partial charge in [-0.25, -0.2) is 13.2 Å². The van der Waals surface area contributed by atoms with Gasteiger partial charge in [-0.15, -0.1) is 0 Å². The molecule has 0 aliphatic rings. The second-order valence-corrected chi connectivity index (χ2v) is 7.42. The number of anilines is 1. The summed E-state index contributed by atoms with van der Waals surface area (Å²) in [5, 5.41) is 7.28. The highest BCUT2D eigenvalue weighted by Gasteiger charge is 2.19. The van der Waals surface area contributed by atoms with Crippen LogP contribution in [0.4, 0.5) is 18.9 Å². The summed E-state index contributed by atoms with van der Waals surface area (Å²) in [6.45, 7) is 0.843.